The van der Waals surface area contributed by atoms with Crippen LogP contribution in [0.2, 0.25) is 0 Å². The number of ether oxygens (including phenoxy) is 1. The second-order valence-corrected chi connectivity index (χ2v) is 4.05. The minimum Gasteiger partial charge on any atom is -0.457 e. The Balaban J connectivity index is 0.00000200. The smallest absolute Gasteiger partial charge is 0.127 e. The Hall–Kier alpha value is -2.20. The molecule has 0 aliphatic rings. The van der Waals surface area contributed by atoms with Crippen LogP contribution in [0.5, 0.6) is 11.5 Å². The van der Waals surface area contributed by atoms with Crippen LogP contribution in [0, 0.1) is 0 Å². The first-order chi connectivity index (χ1) is 9.19. The zero-order valence-electron chi connectivity index (χ0n) is 11.4. The molecule has 0 fully saturated rings. The number of nitrogen functional groups attached to an aromatic ring is 1. The van der Waals surface area contributed by atoms with Gasteiger partial charge in [-0.3, -0.25) is 0 Å². The van der Waals surface area contributed by atoms with Crippen LogP contribution in [0.25, 0.3) is 0 Å². The third-order valence-electron chi connectivity index (χ3n) is 2.62. The number of benzene rings is 2. The summed E-state index contributed by atoms with van der Waals surface area (Å²) in [4.78, 5) is 4.74. The number of rotatable bonds is 4. The van der Waals surface area contributed by atoms with Crippen LogP contribution in [-0.4, -0.2) is 12.8 Å². The molecule has 0 radical (unpaired) electrons. The summed E-state index contributed by atoms with van der Waals surface area (Å²) < 4.78 is 5.70. The van der Waals surface area contributed by atoms with E-state index in [0.717, 1.165) is 22.8 Å². The highest BCUT2D eigenvalue weighted by Gasteiger charge is 2.00. The molecule has 0 atom stereocenters. The van der Waals surface area contributed by atoms with E-state index < -0.39 is 0 Å². The molecule has 2 aromatic carbocycles. The lowest BCUT2D eigenvalue weighted by molar-refractivity contribution is 0.213. The summed E-state index contributed by atoms with van der Waals surface area (Å²) in [6.45, 7) is 1.89. The van der Waals surface area contributed by atoms with Crippen molar-refractivity contribution in [3.63, 3.8) is 0 Å². The summed E-state index contributed by atoms with van der Waals surface area (Å²) >= 11 is 0. The van der Waals surface area contributed by atoms with E-state index in [1.807, 2.05) is 43.3 Å². The molecule has 0 aliphatic heterocycles. The summed E-state index contributed by atoms with van der Waals surface area (Å²) in [6, 6.07) is 14.9. The maximum atomic E-state index is 5.70. The number of hydrogen-bond donors (Lipinski definition) is 1. The van der Waals surface area contributed by atoms with Gasteiger partial charge in [0.15, 0.2) is 0 Å². The van der Waals surface area contributed by atoms with Gasteiger partial charge in [-0.15, -0.1) is 12.4 Å². The van der Waals surface area contributed by atoms with E-state index >= 15 is 0 Å². The summed E-state index contributed by atoms with van der Waals surface area (Å²) in [5.74, 6) is 1.52. The van der Waals surface area contributed by atoms with E-state index in [9.17, 15) is 0 Å². The number of oxime groups is 1. The van der Waals surface area contributed by atoms with Crippen molar-refractivity contribution in [1.82, 2.24) is 0 Å². The Morgan fingerprint density at radius 2 is 1.45 bits per heavy atom. The van der Waals surface area contributed by atoms with Crippen LogP contribution in [0.4, 0.5) is 5.69 Å². The summed E-state index contributed by atoms with van der Waals surface area (Å²) in [5, 5.41) is 3.88. The van der Waals surface area contributed by atoms with Crippen LogP contribution in [0.15, 0.2) is 53.7 Å². The number of halogens is 1. The molecule has 2 N–H and O–H groups in total. The molecule has 0 heterocycles. The molecule has 2 rings (SSSR count). The van der Waals surface area contributed by atoms with Crippen LogP contribution >= 0.6 is 12.4 Å². The van der Waals surface area contributed by atoms with Gasteiger partial charge in [0, 0.05) is 5.69 Å². The highest BCUT2D eigenvalue weighted by molar-refractivity contribution is 5.98. The molecule has 0 unspecified atom stereocenters. The van der Waals surface area contributed by atoms with Gasteiger partial charge in [0.2, 0.25) is 0 Å². The molecule has 0 amide bonds. The summed E-state index contributed by atoms with van der Waals surface area (Å²) in [5.41, 5.74) is 8.15. The van der Waals surface area contributed by atoms with Crippen LogP contribution in [-0.2, 0) is 4.84 Å². The van der Waals surface area contributed by atoms with Crippen molar-refractivity contribution >= 4 is 23.8 Å². The lowest BCUT2D eigenvalue weighted by Crippen LogP contribution is -1.95. The molecule has 5 heteroatoms. The van der Waals surface area contributed by atoms with Crippen molar-refractivity contribution in [3.05, 3.63) is 54.1 Å². The van der Waals surface area contributed by atoms with Gasteiger partial charge in [-0.25, -0.2) is 0 Å². The number of nitrogens with two attached hydrogens (primary N) is 1. The SMILES string of the molecule is CO/N=C(\C)c1ccc(Oc2ccc(N)cc2)cc1.Cl. The van der Waals surface area contributed by atoms with Gasteiger partial charge in [-0.2, -0.15) is 0 Å². The van der Waals surface area contributed by atoms with Crippen molar-refractivity contribution < 1.29 is 9.57 Å². The van der Waals surface area contributed by atoms with Crippen LogP contribution < -0.4 is 10.5 Å². The van der Waals surface area contributed by atoms with Crippen molar-refractivity contribution in [2.24, 2.45) is 5.16 Å². The number of nitrogens with zero attached hydrogens (tertiary/aromatic N) is 1. The minimum atomic E-state index is 0. The Kier molecular flexibility index (Phi) is 5.87. The average molecular weight is 293 g/mol. The van der Waals surface area contributed by atoms with Crippen molar-refractivity contribution in [2.75, 3.05) is 12.8 Å². The molecule has 0 bridgehead atoms. The van der Waals surface area contributed by atoms with E-state index in [2.05, 4.69) is 5.16 Å². The van der Waals surface area contributed by atoms with Crippen molar-refractivity contribution in [3.8, 4) is 11.5 Å². The van der Waals surface area contributed by atoms with Crippen molar-refractivity contribution in [1.29, 1.82) is 0 Å². The standard InChI is InChI=1S/C15H16N2O2.ClH/c1-11(17-18-2)12-3-7-14(8-4-12)19-15-9-5-13(16)6-10-15;/h3-10H,16H2,1-2H3;1H/b17-11+;. The van der Waals surface area contributed by atoms with Gasteiger partial charge in [0.1, 0.15) is 18.6 Å². The molecule has 0 aliphatic carbocycles. The van der Waals surface area contributed by atoms with Gasteiger partial charge >= 0.3 is 0 Å². The first-order valence-electron chi connectivity index (χ1n) is 5.90. The topological polar surface area (TPSA) is 56.8 Å². The molecular weight excluding hydrogens is 276 g/mol. The fraction of sp³-hybridized carbons (Fsp3) is 0.133. The Labute approximate surface area is 124 Å². The third kappa shape index (κ3) is 4.17. The molecule has 0 aromatic heterocycles. The lowest BCUT2D eigenvalue weighted by Gasteiger charge is -2.07. The van der Waals surface area contributed by atoms with Gasteiger partial charge in [-0.05, 0) is 61.0 Å². The number of hydrogen-bond acceptors (Lipinski definition) is 4. The first-order valence-corrected chi connectivity index (χ1v) is 5.90. The maximum Gasteiger partial charge on any atom is 0.127 e. The highest BCUT2D eigenvalue weighted by Crippen LogP contribution is 2.22. The Bertz CT molecular complexity index is 565. The summed E-state index contributed by atoms with van der Waals surface area (Å²) in [7, 11) is 1.53. The van der Waals surface area contributed by atoms with Crippen LogP contribution in [0.1, 0.15) is 12.5 Å². The van der Waals surface area contributed by atoms with E-state index in [1.54, 1.807) is 12.1 Å². The zero-order valence-corrected chi connectivity index (χ0v) is 12.2. The predicted molar refractivity (Wildman–Crippen MR) is 83.8 cm³/mol. The predicted octanol–water partition coefficient (Wildman–Crippen LogP) is 3.85. The zero-order chi connectivity index (χ0) is 13.7. The normalized spacial score (nSPS) is 10.6. The molecule has 4 nitrogen and oxygen atoms in total. The monoisotopic (exact) mass is 292 g/mol. The minimum absolute atomic E-state index is 0. The Morgan fingerprint density at radius 1 is 0.950 bits per heavy atom. The second-order valence-electron chi connectivity index (χ2n) is 4.05. The van der Waals surface area contributed by atoms with Gasteiger partial charge in [0.25, 0.3) is 0 Å². The van der Waals surface area contributed by atoms with Gasteiger partial charge in [0.05, 0.1) is 5.71 Å². The van der Waals surface area contributed by atoms with E-state index in [0.29, 0.717) is 5.69 Å². The first kappa shape index (κ1) is 15.9. The Morgan fingerprint density at radius 3 is 1.95 bits per heavy atom. The molecule has 2 aromatic rings. The van der Waals surface area contributed by atoms with E-state index in [-0.39, 0.29) is 12.4 Å². The van der Waals surface area contributed by atoms with Crippen molar-refractivity contribution in [2.45, 2.75) is 6.92 Å². The quantitative estimate of drug-likeness (QED) is 0.529. The largest absolute Gasteiger partial charge is 0.457 e. The average Bonchev–Trinajstić information content (AvgIpc) is 2.42. The van der Waals surface area contributed by atoms with E-state index in [4.69, 9.17) is 15.3 Å². The maximum absolute atomic E-state index is 5.70. The number of anilines is 1. The highest BCUT2D eigenvalue weighted by atomic mass is 35.5. The fourth-order valence-corrected chi connectivity index (χ4v) is 1.63. The fourth-order valence-electron chi connectivity index (χ4n) is 1.63. The third-order valence-corrected chi connectivity index (χ3v) is 2.62. The molecule has 0 saturated carbocycles. The molecule has 106 valence electrons. The second kappa shape index (κ2) is 7.40. The van der Waals surface area contributed by atoms with Crippen LogP contribution in [0.3, 0.4) is 0 Å². The lowest BCUT2D eigenvalue weighted by atomic mass is 10.1. The summed E-state index contributed by atoms with van der Waals surface area (Å²) in [6.07, 6.45) is 0. The van der Waals surface area contributed by atoms with Gasteiger partial charge in [-0.1, -0.05) is 5.16 Å². The van der Waals surface area contributed by atoms with Gasteiger partial charge < -0.3 is 15.3 Å². The van der Waals surface area contributed by atoms with E-state index in [1.165, 1.54) is 7.11 Å². The molecular formula is C15H17ClN2O2. The molecule has 0 saturated heterocycles. The molecule has 20 heavy (non-hydrogen) atoms. The molecule has 0 spiro atoms.